The van der Waals surface area contributed by atoms with E-state index in [-0.39, 0.29) is 16.7 Å². The zero-order valence-electron chi connectivity index (χ0n) is 11.9. The summed E-state index contributed by atoms with van der Waals surface area (Å²) in [5.41, 5.74) is 6.19. The van der Waals surface area contributed by atoms with Crippen molar-refractivity contribution >= 4 is 15.7 Å². The minimum atomic E-state index is -3.68. The molecule has 1 saturated heterocycles. The number of sulfonamides is 1. The second-order valence-electron chi connectivity index (χ2n) is 5.14. The lowest BCUT2D eigenvalue weighted by Gasteiger charge is -2.27. The normalized spacial score (nSPS) is 19.4. The predicted molar refractivity (Wildman–Crippen MR) is 79.0 cm³/mol. The number of nitriles is 1. The quantitative estimate of drug-likeness (QED) is 0.846. The van der Waals surface area contributed by atoms with Crippen molar-refractivity contribution in [2.45, 2.75) is 30.3 Å². The third kappa shape index (κ3) is 3.53. The molecule has 0 amide bonds. The Balaban J connectivity index is 2.18. The molecule has 0 bridgehead atoms. The summed E-state index contributed by atoms with van der Waals surface area (Å²) in [6.07, 6.45) is 2.87. The molecule has 21 heavy (non-hydrogen) atoms. The summed E-state index contributed by atoms with van der Waals surface area (Å²) >= 11 is 0. The number of hydrogen-bond acceptors (Lipinski definition) is 5. The second kappa shape index (κ2) is 6.43. The molecule has 2 rings (SSSR count). The van der Waals surface area contributed by atoms with Crippen LogP contribution in [-0.2, 0) is 14.8 Å². The molecule has 0 aromatic heterocycles. The van der Waals surface area contributed by atoms with Crippen molar-refractivity contribution in [1.82, 2.24) is 4.31 Å². The van der Waals surface area contributed by atoms with Crippen molar-refractivity contribution in [3.05, 3.63) is 23.8 Å². The summed E-state index contributed by atoms with van der Waals surface area (Å²) < 4.78 is 31.9. The van der Waals surface area contributed by atoms with Crippen molar-refractivity contribution in [3.63, 3.8) is 0 Å². The lowest BCUT2D eigenvalue weighted by Crippen LogP contribution is -2.37. The van der Waals surface area contributed by atoms with Crippen LogP contribution in [-0.4, -0.2) is 39.0 Å². The average molecular weight is 309 g/mol. The zero-order chi connectivity index (χ0) is 15.5. The number of ether oxygens (including phenoxy) is 1. The van der Waals surface area contributed by atoms with Crippen LogP contribution in [0, 0.1) is 11.3 Å². The standard InChI is InChI=1S/C14H19N3O3S/c1-17(10-12-4-2-3-7-20-12)21(18,19)14-6-5-11(9-15)8-13(14)16/h5-6,8,12H,2-4,7,10,16H2,1H3. The number of benzene rings is 1. The summed E-state index contributed by atoms with van der Waals surface area (Å²) in [6, 6.07) is 6.13. The van der Waals surface area contributed by atoms with E-state index < -0.39 is 10.0 Å². The summed E-state index contributed by atoms with van der Waals surface area (Å²) in [6.45, 7) is 0.985. The van der Waals surface area contributed by atoms with Crippen LogP contribution < -0.4 is 5.73 Å². The molecular formula is C14H19N3O3S. The Kier molecular flexibility index (Phi) is 4.83. The van der Waals surface area contributed by atoms with Gasteiger partial charge < -0.3 is 10.5 Å². The Morgan fingerprint density at radius 1 is 1.48 bits per heavy atom. The van der Waals surface area contributed by atoms with Crippen LogP contribution in [0.1, 0.15) is 24.8 Å². The molecule has 1 aromatic carbocycles. The third-order valence-electron chi connectivity index (χ3n) is 3.56. The SMILES string of the molecule is CN(CC1CCCCO1)S(=O)(=O)c1ccc(C#N)cc1N. The van der Waals surface area contributed by atoms with E-state index in [1.165, 1.54) is 29.6 Å². The largest absolute Gasteiger partial charge is 0.398 e. The highest BCUT2D eigenvalue weighted by Crippen LogP contribution is 2.24. The van der Waals surface area contributed by atoms with Crippen LogP contribution in [0.25, 0.3) is 0 Å². The molecular weight excluding hydrogens is 290 g/mol. The van der Waals surface area contributed by atoms with Crippen LogP contribution in [0.15, 0.2) is 23.1 Å². The van der Waals surface area contributed by atoms with Gasteiger partial charge in [-0.25, -0.2) is 8.42 Å². The summed E-state index contributed by atoms with van der Waals surface area (Å²) in [5, 5.41) is 8.80. The zero-order valence-corrected chi connectivity index (χ0v) is 12.8. The minimum absolute atomic E-state index is 0.0276. The Hall–Kier alpha value is -1.62. The van der Waals surface area contributed by atoms with Crippen LogP contribution in [0.3, 0.4) is 0 Å². The third-order valence-corrected chi connectivity index (χ3v) is 5.46. The number of nitrogen functional groups attached to an aromatic ring is 1. The fourth-order valence-electron chi connectivity index (χ4n) is 2.36. The van der Waals surface area contributed by atoms with Gasteiger partial charge in [0.05, 0.1) is 23.4 Å². The number of likely N-dealkylation sites (N-methyl/N-ethyl adjacent to an activating group) is 1. The Labute approximate surface area is 125 Å². The maximum atomic E-state index is 12.5. The van der Waals surface area contributed by atoms with Crippen LogP contribution in [0.5, 0.6) is 0 Å². The number of nitrogens with two attached hydrogens (primary N) is 1. The first-order chi connectivity index (χ1) is 9.95. The number of anilines is 1. The molecule has 0 saturated carbocycles. The first-order valence-corrected chi connectivity index (χ1v) is 8.26. The van der Waals surface area contributed by atoms with Gasteiger partial charge in [0.1, 0.15) is 4.90 Å². The molecule has 1 aliphatic heterocycles. The van der Waals surface area contributed by atoms with E-state index in [9.17, 15) is 8.42 Å². The number of rotatable bonds is 4. The molecule has 0 radical (unpaired) electrons. The first kappa shape index (κ1) is 15.8. The van der Waals surface area contributed by atoms with E-state index in [4.69, 9.17) is 15.7 Å². The summed E-state index contributed by atoms with van der Waals surface area (Å²) in [5.74, 6) is 0. The highest BCUT2D eigenvalue weighted by atomic mass is 32.2. The van der Waals surface area contributed by atoms with Crippen molar-refractivity contribution in [2.75, 3.05) is 25.9 Å². The molecule has 0 spiro atoms. The molecule has 114 valence electrons. The fourth-order valence-corrected chi connectivity index (χ4v) is 3.65. The van der Waals surface area contributed by atoms with Crippen molar-refractivity contribution in [1.29, 1.82) is 5.26 Å². The van der Waals surface area contributed by atoms with E-state index >= 15 is 0 Å². The van der Waals surface area contributed by atoms with Crippen molar-refractivity contribution in [3.8, 4) is 6.07 Å². The summed E-state index contributed by atoms with van der Waals surface area (Å²) in [4.78, 5) is 0.0276. The molecule has 1 aromatic rings. The topological polar surface area (TPSA) is 96.4 Å². The fraction of sp³-hybridized carbons (Fsp3) is 0.500. The molecule has 1 unspecified atom stereocenters. The number of hydrogen-bond donors (Lipinski definition) is 1. The predicted octanol–water partition coefficient (Wildman–Crippen LogP) is 1.33. The highest BCUT2D eigenvalue weighted by Gasteiger charge is 2.27. The molecule has 1 fully saturated rings. The van der Waals surface area contributed by atoms with Gasteiger partial charge in [0, 0.05) is 20.2 Å². The monoisotopic (exact) mass is 309 g/mol. The summed E-state index contributed by atoms with van der Waals surface area (Å²) in [7, 11) is -2.16. The van der Waals surface area contributed by atoms with E-state index in [0.29, 0.717) is 18.7 Å². The maximum absolute atomic E-state index is 12.5. The molecule has 1 heterocycles. The lowest BCUT2D eigenvalue weighted by atomic mass is 10.1. The van der Waals surface area contributed by atoms with E-state index in [2.05, 4.69) is 0 Å². The van der Waals surface area contributed by atoms with Gasteiger partial charge in [-0.3, -0.25) is 0 Å². The van der Waals surface area contributed by atoms with Crippen molar-refractivity contribution < 1.29 is 13.2 Å². The van der Waals surface area contributed by atoms with E-state index in [0.717, 1.165) is 19.3 Å². The van der Waals surface area contributed by atoms with E-state index in [1.54, 1.807) is 0 Å². The first-order valence-electron chi connectivity index (χ1n) is 6.82. The van der Waals surface area contributed by atoms with Gasteiger partial charge in [-0.2, -0.15) is 9.57 Å². The van der Waals surface area contributed by atoms with Crippen molar-refractivity contribution in [2.24, 2.45) is 0 Å². The van der Waals surface area contributed by atoms with Gasteiger partial charge in [0.15, 0.2) is 0 Å². The molecule has 7 heteroatoms. The smallest absolute Gasteiger partial charge is 0.244 e. The molecule has 1 aliphatic rings. The van der Waals surface area contributed by atoms with Crippen LogP contribution >= 0.6 is 0 Å². The minimum Gasteiger partial charge on any atom is -0.398 e. The maximum Gasteiger partial charge on any atom is 0.244 e. The second-order valence-corrected chi connectivity index (χ2v) is 7.15. The lowest BCUT2D eigenvalue weighted by molar-refractivity contribution is 0.00859. The molecule has 1 atom stereocenters. The van der Waals surface area contributed by atoms with Gasteiger partial charge >= 0.3 is 0 Å². The van der Waals surface area contributed by atoms with Gasteiger partial charge in [0.25, 0.3) is 0 Å². The molecule has 2 N–H and O–H groups in total. The van der Waals surface area contributed by atoms with Gasteiger partial charge in [-0.05, 0) is 37.5 Å². The average Bonchev–Trinajstić information content (AvgIpc) is 2.47. The van der Waals surface area contributed by atoms with Gasteiger partial charge in [-0.15, -0.1) is 0 Å². The van der Waals surface area contributed by atoms with E-state index in [1.807, 2.05) is 6.07 Å². The molecule has 6 nitrogen and oxygen atoms in total. The van der Waals surface area contributed by atoms with Gasteiger partial charge in [-0.1, -0.05) is 0 Å². The Bertz CT molecular complexity index is 646. The highest BCUT2D eigenvalue weighted by molar-refractivity contribution is 7.89. The van der Waals surface area contributed by atoms with Gasteiger partial charge in [0.2, 0.25) is 10.0 Å². The molecule has 0 aliphatic carbocycles. The Morgan fingerprint density at radius 3 is 2.81 bits per heavy atom. The van der Waals surface area contributed by atoms with Crippen LogP contribution in [0.4, 0.5) is 5.69 Å². The number of nitrogens with zero attached hydrogens (tertiary/aromatic N) is 2. The Morgan fingerprint density at radius 2 is 2.24 bits per heavy atom. The van der Waals surface area contributed by atoms with Crippen LogP contribution in [0.2, 0.25) is 0 Å².